The zero-order valence-corrected chi connectivity index (χ0v) is 26.8. The first-order valence-electron chi connectivity index (χ1n) is 13.7. The fourth-order valence-electron chi connectivity index (χ4n) is 4.38. The number of methoxy groups -OCH3 is 1. The summed E-state index contributed by atoms with van der Waals surface area (Å²) >= 11 is 12.6. The minimum atomic E-state index is -4.23. The van der Waals surface area contributed by atoms with Crippen LogP contribution in [0.4, 0.5) is 5.69 Å². The number of sulfonamides is 1. The summed E-state index contributed by atoms with van der Waals surface area (Å²) in [6.07, 6.45) is 0.994. The van der Waals surface area contributed by atoms with Crippen LogP contribution in [0.2, 0.25) is 10.0 Å². The van der Waals surface area contributed by atoms with Crippen LogP contribution in [0, 0.1) is 6.92 Å². The fourth-order valence-corrected chi connectivity index (χ4v) is 6.27. The molecule has 0 heterocycles. The SMILES string of the molecule is CC[C@H](C(=O)N[C@@H](C)CC)N(Cc1ccc(Cl)cc1Cl)C(=O)CN(c1ccccc1OC)S(=O)(=O)c1ccc(C)cc1. The van der Waals surface area contributed by atoms with Gasteiger partial charge in [0, 0.05) is 22.6 Å². The maximum absolute atomic E-state index is 14.2. The summed E-state index contributed by atoms with van der Waals surface area (Å²) in [5.41, 5.74) is 1.64. The quantitative estimate of drug-likeness (QED) is 0.241. The predicted molar refractivity (Wildman–Crippen MR) is 168 cm³/mol. The Kier molecular flexibility index (Phi) is 11.7. The maximum Gasteiger partial charge on any atom is 0.264 e. The van der Waals surface area contributed by atoms with E-state index < -0.39 is 28.5 Å². The van der Waals surface area contributed by atoms with Crippen LogP contribution in [0.5, 0.6) is 5.75 Å². The lowest BCUT2D eigenvalue weighted by Crippen LogP contribution is -2.53. The number of hydrogen-bond acceptors (Lipinski definition) is 5. The molecule has 0 unspecified atom stereocenters. The van der Waals surface area contributed by atoms with E-state index in [1.807, 2.05) is 20.8 Å². The van der Waals surface area contributed by atoms with Crippen LogP contribution in [-0.4, -0.2) is 50.9 Å². The normalized spacial score (nSPS) is 12.7. The minimum Gasteiger partial charge on any atom is -0.495 e. The fraction of sp³-hybridized carbons (Fsp3) is 0.355. The summed E-state index contributed by atoms with van der Waals surface area (Å²) in [6, 6.07) is 16.8. The van der Waals surface area contributed by atoms with Gasteiger partial charge in [0.25, 0.3) is 10.0 Å². The third-order valence-corrected chi connectivity index (χ3v) is 9.35. The van der Waals surface area contributed by atoms with Crippen molar-refractivity contribution in [1.29, 1.82) is 0 Å². The average Bonchev–Trinajstić information content (AvgIpc) is 2.96. The Labute approximate surface area is 258 Å². The van der Waals surface area contributed by atoms with Crippen molar-refractivity contribution in [3.63, 3.8) is 0 Å². The summed E-state index contributed by atoms with van der Waals surface area (Å²) in [5, 5.41) is 3.70. The zero-order chi connectivity index (χ0) is 31.0. The van der Waals surface area contributed by atoms with E-state index in [1.54, 1.807) is 61.5 Å². The predicted octanol–water partition coefficient (Wildman–Crippen LogP) is 6.23. The van der Waals surface area contributed by atoms with Crippen LogP contribution in [0.3, 0.4) is 0 Å². The van der Waals surface area contributed by atoms with Gasteiger partial charge in [-0.1, -0.05) is 72.9 Å². The van der Waals surface area contributed by atoms with Crippen LogP contribution >= 0.6 is 23.2 Å². The highest BCUT2D eigenvalue weighted by Gasteiger charge is 2.35. The number of rotatable bonds is 13. The summed E-state index contributed by atoms with van der Waals surface area (Å²) in [5.74, 6) is -0.654. The molecule has 3 aromatic carbocycles. The van der Waals surface area contributed by atoms with Crippen molar-refractivity contribution in [3.8, 4) is 5.75 Å². The molecule has 42 heavy (non-hydrogen) atoms. The van der Waals surface area contributed by atoms with Crippen molar-refractivity contribution >= 4 is 50.7 Å². The second-order valence-electron chi connectivity index (χ2n) is 10.00. The van der Waals surface area contributed by atoms with Gasteiger partial charge in [-0.25, -0.2) is 8.42 Å². The van der Waals surface area contributed by atoms with E-state index >= 15 is 0 Å². The maximum atomic E-state index is 14.2. The summed E-state index contributed by atoms with van der Waals surface area (Å²) in [4.78, 5) is 29.0. The van der Waals surface area contributed by atoms with E-state index in [0.29, 0.717) is 28.5 Å². The number of carbonyl (C=O) groups excluding carboxylic acids is 2. The number of nitrogens with zero attached hydrogens (tertiary/aromatic N) is 2. The number of amides is 2. The average molecular weight is 635 g/mol. The molecule has 0 aliphatic carbocycles. The van der Waals surface area contributed by atoms with Gasteiger partial charge in [0.1, 0.15) is 18.3 Å². The molecule has 0 aromatic heterocycles. The number of nitrogens with one attached hydrogen (secondary N) is 1. The molecular weight excluding hydrogens is 597 g/mol. The molecule has 1 N–H and O–H groups in total. The van der Waals surface area contributed by atoms with Crippen LogP contribution in [0.25, 0.3) is 0 Å². The number of ether oxygens (including phenoxy) is 1. The number of benzene rings is 3. The first-order chi connectivity index (χ1) is 19.9. The third-order valence-electron chi connectivity index (χ3n) is 6.98. The van der Waals surface area contributed by atoms with E-state index in [1.165, 1.54) is 24.1 Å². The number of carbonyl (C=O) groups is 2. The van der Waals surface area contributed by atoms with Crippen molar-refractivity contribution < 1.29 is 22.7 Å². The van der Waals surface area contributed by atoms with Crippen molar-refractivity contribution in [2.75, 3.05) is 18.0 Å². The minimum absolute atomic E-state index is 0.0145. The number of anilines is 1. The standard InChI is InChI=1S/C31H37Cl2N3O5S/c1-6-22(4)34-31(38)27(7-2)35(19-23-14-15-24(32)18-26(23)33)30(37)20-36(28-10-8-9-11-29(28)41-5)42(39,40)25-16-12-21(3)13-17-25/h8-18,22,27H,6-7,19-20H2,1-5H3,(H,34,38)/t22-,27+/m0/s1. The molecule has 0 saturated carbocycles. The largest absolute Gasteiger partial charge is 0.495 e. The van der Waals surface area contributed by atoms with E-state index in [-0.39, 0.29) is 34.8 Å². The van der Waals surface area contributed by atoms with Gasteiger partial charge in [0.2, 0.25) is 11.8 Å². The Balaban J connectivity index is 2.12. The highest BCUT2D eigenvalue weighted by molar-refractivity contribution is 7.92. The van der Waals surface area contributed by atoms with Crippen molar-refractivity contribution in [3.05, 3.63) is 87.9 Å². The first kappa shape index (κ1) is 33.2. The van der Waals surface area contributed by atoms with Crippen molar-refractivity contribution in [2.24, 2.45) is 0 Å². The number of aryl methyl sites for hydroxylation is 1. The highest BCUT2D eigenvalue weighted by atomic mass is 35.5. The van der Waals surface area contributed by atoms with Crippen LogP contribution in [-0.2, 0) is 26.2 Å². The van der Waals surface area contributed by atoms with Crippen molar-refractivity contribution in [2.45, 2.75) is 64.1 Å². The van der Waals surface area contributed by atoms with Crippen LogP contribution in [0.1, 0.15) is 44.7 Å². The Hall–Kier alpha value is -3.27. The molecule has 0 bridgehead atoms. The molecule has 2 amide bonds. The van der Waals surface area contributed by atoms with Gasteiger partial charge in [-0.2, -0.15) is 0 Å². The summed E-state index contributed by atoms with van der Waals surface area (Å²) < 4.78 is 34.6. The molecule has 2 atom stereocenters. The molecule has 0 spiro atoms. The Bertz CT molecular complexity index is 1500. The Morgan fingerprint density at radius 2 is 1.64 bits per heavy atom. The second-order valence-corrected chi connectivity index (χ2v) is 12.7. The summed E-state index contributed by atoms with van der Waals surface area (Å²) in [6.45, 7) is 6.85. The Morgan fingerprint density at radius 1 is 0.976 bits per heavy atom. The molecule has 226 valence electrons. The van der Waals surface area contributed by atoms with Crippen LogP contribution < -0.4 is 14.4 Å². The van der Waals surface area contributed by atoms with Crippen molar-refractivity contribution in [1.82, 2.24) is 10.2 Å². The molecule has 11 heteroatoms. The lowest BCUT2D eigenvalue weighted by Gasteiger charge is -2.34. The first-order valence-corrected chi connectivity index (χ1v) is 15.9. The molecule has 0 radical (unpaired) electrons. The molecule has 0 fully saturated rings. The topological polar surface area (TPSA) is 96.0 Å². The van der Waals surface area contributed by atoms with Gasteiger partial charge < -0.3 is 15.0 Å². The molecular formula is C31H37Cl2N3O5S. The van der Waals surface area contributed by atoms with Gasteiger partial charge in [0.15, 0.2) is 0 Å². The van der Waals surface area contributed by atoms with Gasteiger partial charge >= 0.3 is 0 Å². The van der Waals surface area contributed by atoms with Gasteiger partial charge in [-0.3, -0.25) is 13.9 Å². The summed E-state index contributed by atoms with van der Waals surface area (Å²) in [7, 11) is -2.80. The lowest BCUT2D eigenvalue weighted by atomic mass is 10.1. The third kappa shape index (κ3) is 7.96. The molecule has 8 nitrogen and oxygen atoms in total. The van der Waals surface area contributed by atoms with Gasteiger partial charge in [0.05, 0.1) is 17.7 Å². The number of para-hydroxylation sites is 2. The number of halogens is 2. The van der Waals surface area contributed by atoms with E-state index in [4.69, 9.17) is 27.9 Å². The molecule has 0 aliphatic rings. The number of hydrogen-bond donors (Lipinski definition) is 1. The smallest absolute Gasteiger partial charge is 0.264 e. The highest BCUT2D eigenvalue weighted by Crippen LogP contribution is 2.33. The molecule has 3 rings (SSSR count). The second kappa shape index (κ2) is 14.8. The van der Waals surface area contributed by atoms with Gasteiger partial charge in [-0.05, 0) is 68.7 Å². The molecule has 0 saturated heterocycles. The molecule has 0 aliphatic heterocycles. The monoisotopic (exact) mass is 633 g/mol. The lowest BCUT2D eigenvalue weighted by molar-refractivity contribution is -0.140. The zero-order valence-electron chi connectivity index (χ0n) is 24.4. The van der Waals surface area contributed by atoms with Gasteiger partial charge in [-0.15, -0.1) is 0 Å². The van der Waals surface area contributed by atoms with E-state index in [2.05, 4.69) is 5.32 Å². The van der Waals surface area contributed by atoms with E-state index in [0.717, 1.165) is 9.87 Å². The van der Waals surface area contributed by atoms with Crippen LogP contribution in [0.15, 0.2) is 71.6 Å². The Morgan fingerprint density at radius 3 is 2.24 bits per heavy atom. The molecule has 3 aromatic rings. The van der Waals surface area contributed by atoms with E-state index in [9.17, 15) is 18.0 Å².